The molecule has 1 heterocycles. The van der Waals surface area contributed by atoms with Gasteiger partial charge < -0.3 is 15.0 Å². The highest BCUT2D eigenvalue weighted by Crippen LogP contribution is 2.20. The number of nitrogens with zero attached hydrogens (tertiary/aromatic N) is 2. The van der Waals surface area contributed by atoms with Crippen LogP contribution in [0.1, 0.15) is 44.7 Å². The number of amides is 2. The van der Waals surface area contributed by atoms with Crippen molar-refractivity contribution in [3.05, 3.63) is 35.4 Å². The van der Waals surface area contributed by atoms with Gasteiger partial charge in [-0.3, -0.25) is 4.79 Å². The molecule has 1 atom stereocenters. The van der Waals surface area contributed by atoms with Crippen molar-refractivity contribution in [2.24, 2.45) is 5.92 Å². The molecule has 1 aromatic rings. The molecule has 0 aromatic heterocycles. The van der Waals surface area contributed by atoms with Crippen LogP contribution in [0, 0.1) is 17.2 Å². The van der Waals surface area contributed by atoms with Gasteiger partial charge in [0.05, 0.1) is 17.6 Å². The normalized spacial score (nSPS) is 17.5. The van der Waals surface area contributed by atoms with Gasteiger partial charge in [-0.1, -0.05) is 18.2 Å². The maximum atomic E-state index is 12.5. The number of benzene rings is 1. The third-order valence-corrected chi connectivity index (χ3v) is 4.03. The summed E-state index contributed by atoms with van der Waals surface area (Å²) < 4.78 is 5.38. The molecule has 0 unspecified atom stereocenters. The lowest BCUT2D eigenvalue weighted by Gasteiger charge is -2.33. The average Bonchev–Trinajstić information content (AvgIpc) is 2.58. The van der Waals surface area contributed by atoms with Crippen LogP contribution < -0.4 is 5.32 Å². The van der Waals surface area contributed by atoms with Crippen LogP contribution in [0.5, 0.6) is 0 Å². The van der Waals surface area contributed by atoms with Crippen LogP contribution in [0.3, 0.4) is 0 Å². The molecule has 1 aromatic carbocycles. The first kappa shape index (κ1) is 18.8. The molecule has 1 fully saturated rings. The molecule has 0 aliphatic carbocycles. The van der Waals surface area contributed by atoms with Crippen molar-refractivity contribution in [2.45, 2.75) is 45.8 Å². The van der Waals surface area contributed by atoms with Crippen molar-refractivity contribution < 1.29 is 14.3 Å². The number of nitriles is 1. The largest absolute Gasteiger partial charge is 0.444 e. The van der Waals surface area contributed by atoms with Crippen molar-refractivity contribution in [3.63, 3.8) is 0 Å². The zero-order chi connectivity index (χ0) is 18.4. The molecule has 25 heavy (non-hydrogen) atoms. The number of nitrogens with one attached hydrogen (secondary N) is 1. The van der Waals surface area contributed by atoms with Crippen molar-refractivity contribution >= 4 is 12.0 Å². The molecule has 2 rings (SSSR count). The molecule has 6 heteroatoms. The zero-order valence-corrected chi connectivity index (χ0v) is 15.0. The van der Waals surface area contributed by atoms with E-state index in [1.807, 2.05) is 32.9 Å². The van der Waals surface area contributed by atoms with Gasteiger partial charge in [0.1, 0.15) is 5.60 Å². The Morgan fingerprint density at radius 1 is 1.36 bits per heavy atom. The maximum Gasteiger partial charge on any atom is 0.410 e. The summed E-state index contributed by atoms with van der Waals surface area (Å²) in [7, 11) is 0. The molecular formula is C19H25N3O3. The van der Waals surface area contributed by atoms with Crippen molar-refractivity contribution in [1.82, 2.24) is 10.2 Å². The summed E-state index contributed by atoms with van der Waals surface area (Å²) >= 11 is 0. The van der Waals surface area contributed by atoms with E-state index in [-0.39, 0.29) is 17.9 Å². The lowest BCUT2D eigenvalue weighted by atomic mass is 9.97. The number of likely N-dealkylation sites (tertiary alicyclic amines) is 1. The van der Waals surface area contributed by atoms with E-state index in [9.17, 15) is 9.59 Å². The Morgan fingerprint density at radius 3 is 2.76 bits per heavy atom. The zero-order valence-electron chi connectivity index (χ0n) is 15.0. The van der Waals surface area contributed by atoms with E-state index >= 15 is 0 Å². The van der Waals surface area contributed by atoms with E-state index in [2.05, 4.69) is 11.4 Å². The molecule has 134 valence electrons. The van der Waals surface area contributed by atoms with Crippen molar-refractivity contribution in [2.75, 3.05) is 13.1 Å². The SMILES string of the molecule is CC(C)(C)OC(=O)N1CCC[C@@H](C(=O)NCc2ccccc2C#N)C1. The van der Waals surface area contributed by atoms with Crippen LogP contribution in [0.2, 0.25) is 0 Å². The third kappa shape index (κ3) is 5.49. The monoisotopic (exact) mass is 343 g/mol. The van der Waals surface area contributed by atoms with Gasteiger partial charge >= 0.3 is 6.09 Å². The highest BCUT2D eigenvalue weighted by molar-refractivity contribution is 5.80. The first-order valence-corrected chi connectivity index (χ1v) is 8.54. The van der Waals surface area contributed by atoms with Crippen LogP contribution >= 0.6 is 0 Å². The summed E-state index contributed by atoms with van der Waals surface area (Å²) in [6.07, 6.45) is 1.14. The molecule has 1 saturated heterocycles. The predicted molar refractivity (Wildman–Crippen MR) is 93.5 cm³/mol. The molecule has 1 N–H and O–H groups in total. The number of hydrogen-bond acceptors (Lipinski definition) is 4. The van der Waals surface area contributed by atoms with Crippen LogP contribution in [0.15, 0.2) is 24.3 Å². The smallest absolute Gasteiger partial charge is 0.410 e. The second-order valence-corrected chi connectivity index (χ2v) is 7.25. The Kier molecular flexibility index (Phi) is 6.02. The fourth-order valence-corrected chi connectivity index (χ4v) is 2.79. The fourth-order valence-electron chi connectivity index (χ4n) is 2.79. The Labute approximate surface area is 148 Å². The van der Waals surface area contributed by atoms with E-state index in [1.165, 1.54) is 0 Å². The molecule has 0 radical (unpaired) electrons. The van der Waals surface area contributed by atoms with Gasteiger partial charge in [-0.05, 0) is 45.2 Å². The number of hydrogen-bond donors (Lipinski definition) is 1. The van der Waals surface area contributed by atoms with E-state index in [4.69, 9.17) is 10.00 Å². The minimum absolute atomic E-state index is 0.0963. The quantitative estimate of drug-likeness (QED) is 0.915. The molecule has 1 aliphatic heterocycles. The van der Waals surface area contributed by atoms with E-state index in [0.717, 1.165) is 18.4 Å². The Balaban J connectivity index is 1.91. The van der Waals surface area contributed by atoms with Gasteiger partial charge in [0.15, 0.2) is 0 Å². The van der Waals surface area contributed by atoms with Gasteiger partial charge in [0, 0.05) is 19.6 Å². The standard InChI is InChI=1S/C19H25N3O3/c1-19(2,3)25-18(24)22-10-6-9-16(13-22)17(23)21-12-15-8-5-4-7-14(15)11-20/h4-5,7-8,16H,6,9-10,12-13H2,1-3H3,(H,21,23)/t16-/m1/s1. The number of rotatable bonds is 3. The summed E-state index contributed by atoms with van der Waals surface area (Å²) in [6, 6.07) is 9.31. The summed E-state index contributed by atoms with van der Waals surface area (Å²) in [5, 5.41) is 12.0. The molecule has 6 nitrogen and oxygen atoms in total. The maximum absolute atomic E-state index is 12.5. The van der Waals surface area contributed by atoms with E-state index in [0.29, 0.717) is 25.2 Å². The number of carbonyl (C=O) groups is 2. The van der Waals surface area contributed by atoms with Crippen LogP contribution in [0.4, 0.5) is 4.79 Å². The summed E-state index contributed by atoms with van der Waals surface area (Å²) in [6.45, 7) is 6.76. The number of carbonyl (C=O) groups excluding carboxylic acids is 2. The van der Waals surface area contributed by atoms with E-state index in [1.54, 1.807) is 17.0 Å². The van der Waals surface area contributed by atoms with Gasteiger partial charge in [0.25, 0.3) is 0 Å². The predicted octanol–water partition coefficient (Wildman–Crippen LogP) is 2.82. The fraction of sp³-hybridized carbons (Fsp3) is 0.526. The van der Waals surface area contributed by atoms with Gasteiger partial charge in [0.2, 0.25) is 5.91 Å². The molecule has 2 amide bonds. The first-order chi connectivity index (χ1) is 11.8. The Bertz CT molecular complexity index is 673. The van der Waals surface area contributed by atoms with Crippen molar-refractivity contribution in [3.8, 4) is 6.07 Å². The van der Waals surface area contributed by atoms with Gasteiger partial charge in [-0.2, -0.15) is 5.26 Å². The van der Waals surface area contributed by atoms with Gasteiger partial charge in [-0.25, -0.2) is 4.79 Å². The second-order valence-electron chi connectivity index (χ2n) is 7.25. The molecule has 1 aliphatic rings. The molecule has 0 spiro atoms. The first-order valence-electron chi connectivity index (χ1n) is 8.54. The van der Waals surface area contributed by atoms with Crippen molar-refractivity contribution in [1.29, 1.82) is 5.26 Å². The Hall–Kier alpha value is -2.55. The third-order valence-electron chi connectivity index (χ3n) is 4.03. The minimum Gasteiger partial charge on any atom is -0.444 e. The number of ether oxygens (including phenoxy) is 1. The van der Waals surface area contributed by atoms with Gasteiger partial charge in [-0.15, -0.1) is 0 Å². The van der Waals surface area contributed by atoms with E-state index < -0.39 is 5.60 Å². The highest BCUT2D eigenvalue weighted by atomic mass is 16.6. The van der Waals surface area contributed by atoms with Crippen LogP contribution in [-0.2, 0) is 16.1 Å². The lowest BCUT2D eigenvalue weighted by molar-refractivity contribution is -0.126. The lowest BCUT2D eigenvalue weighted by Crippen LogP contribution is -2.46. The number of piperidine rings is 1. The molecule has 0 bridgehead atoms. The minimum atomic E-state index is -0.548. The average molecular weight is 343 g/mol. The Morgan fingerprint density at radius 2 is 2.08 bits per heavy atom. The summed E-state index contributed by atoms with van der Waals surface area (Å²) in [5.41, 5.74) is 0.799. The van der Waals surface area contributed by atoms with Crippen LogP contribution in [-0.4, -0.2) is 35.6 Å². The summed E-state index contributed by atoms with van der Waals surface area (Å²) in [4.78, 5) is 26.2. The topological polar surface area (TPSA) is 82.4 Å². The molecule has 0 saturated carbocycles. The van der Waals surface area contributed by atoms with Crippen LogP contribution in [0.25, 0.3) is 0 Å². The molecular weight excluding hydrogens is 318 g/mol. The second kappa shape index (κ2) is 8.02. The highest BCUT2D eigenvalue weighted by Gasteiger charge is 2.30. The summed E-state index contributed by atoms with van der Waals surface area (Å²) in [5.74, 6) is -0.350.